The van der Waals surface area contributed by atoms with Crippen LogP contribution in [0.3, 0.4) is 0 Å². The lowest BCUT2D eigenvalue weighted by Gasteiger charge is -2.31. The Hall–Kier alpha value is -2.82. The number of nitrogens with one attached hydrogen (secondary N) is 1. The maximum absolute atomic E-state index is 13.3. The minimum absolute atomic E-state index is 0.0585. The first kappa shape index (κ1) is 25.4. The summed E-state index contributed by atoms with van der Waals surface area (Å²) in [6, 6.07) is 15.3. The number of benzene rings is 2. The number of hydrogen-bond donors (Lipinski definition) is 1. The SMILES string of the molecule is CC[C@@H](C)NC(=O)[C@H](CC)N(Cc1cccc(C)c1)C(=O)COc1ccc(C(C)C)cc1. The zero-order valence-corrected chi connectivity index (χ0v) is 20.4. The molecule has 0 unspecified atom stereocenters. The average Bonchev–Trinajstić information content (AvgIpc) is 2.77. The van der Waals surface area contributed by atoms with Crippen LogP contribution in [0, 0.1) is 6.92 Å². The Bertz CT molecular complexity index is 877. The molecule has 0 aliphatic carbocycles. The summed E-state index contributed by atoms with van der Waals surface area (Å²) >= 11 is 0. The molecule has 0 fully saturated rings. The van der Waals surface area contributed by atoms with Crippen molar-refractivity contribution in [3.63, 3.8) is 0 Å². The number of aryl methyl sites for hydroxylation is 1. The molecule has 0 radical (unpaired) electrons. The maximum Gasteiger partial charge on any atom is 0.261 e. The normalized spacial score (nSPS) is 12.8. The molecule has 174 valence electrons. The van der Waals surface area contributed by atoms with Gasteiger partial charge in [-0.15, -0.1) is 0 Å². The molecule has 5 nitrogen and oxygen atoms in total. The molecule has 5 heteroatoms. The van der Waals surface area contributed by atoms with Crippen LogP contribution in [0.2, 0.25) is 0 Å². The summed E-state index contributed by atoms with van der Waals surface area (Å²) in [4.78, 5) is 27.9. The first-order valence-corrected chi connectivity index (χ1v) is 11.6. The number of amides is 2. The van der Waals surface area contributed by atoms with Crippen LogP contribution in [-0.4, -0.2) is 35.4 Å². The van der Waals surface area contributed by atoms with Crippen molar-refractivity contribution < 1.29 is 14.3 Å². The minimum atomic E-state index is -0.552. The smallest absolute Gasteiger partial charge is 0.261 e. The summed E-state index contributed by atoms with van der Waals surface area (Å²) in [5.74, 6) is 0.759. The van der Waals surface area contributed by atoms with Crippen LogP contribution in [0.1, 0.15) is 70.1 Å². The van der Waals surface area contributed by atoms with Gasteiger partial charge >= 0.3 is 0 Å². The average molecular weight is 439 g/mol. The van der Waals surface area contributed by atoms with E-state index in [9.17, 15) is 9.59 Å². The van der Waals surface area contributed by atoms with Crippen molar-refractivity contribution >= 4 is 11.8 Å². The predicted octanol–water partition coefficient (Wildman–Crippen LogP) is 5.22. The van der Waals surface area contributed by atoms with Gasteiger partial charge in [-0.25, -0.2) is 0 Å². The Kier molecular flexibility index (Phi) is 9.76. The minimum Gasteiger partial charge on any atom is -0.484 e. The van der Waals surface area contributed by atoms with Crippen LogP contribution < -0.4 is 10.1 Å². The molecule has 0 aliphatic heterocycles. The van der Waals surface area contributed by atoms with E-state index in [4.69, 9.17) is 4.74 Å². The van der Waals surface area contributed by atoms with Gasteiger partial charge in [0.15, 0.2) is 6.61 Å². The highest BCUT2D eigenvalue weighted by atomic mass is 16.5. The van der Waals surface area contributed by atoms with Gasteiger partial charge in [0.2, 0.25) is 5.91 Å². The number of nitrogens with zero attached hydrogens (tertiary/aromatic N) is 1. The fourth-order valence-electron chi connectivity index (χ4n) is 3.54. The number of carbonyl (C=O) groups is 2. The summed E-state index contributed by atoms with van der Waals surface area (Å²) in [7, 11) is 0. The highest BCUT2D eigenvalue weighted by molar-refractivity contribution is 5.88. The Morgan fingerprint density at radius 2 is 1.69 bits per heavy atom. The Morgan fingerprint density at radius 1 is 1.00 bits per heavy atom. The van der Waals surface area contributed by atoms with Crippen LogP contribution in [0.15, 0.2) is 48.5 Å². The maximum atomic E-state index is 13.3. The molecule has 2 aromatic rings. The van der Waals surface area contributed by atoms with E-state index in [1.54, 1.807) is 4.90 Å². The third kappa shape index (κ3) is 7.40. The van der Waals surface area contributed by atoms with E-state index in [1.165, 1.54) is 5.56 Å². The Balaban J connectivity index is 2.19. The number of carbonyl (C=O) groups excluding carboxylic acids is 2. The van der Waals surface area contributed by atoms with Crippen molar-refractivity contribution in [3.8, 4) is 5.75 Å². The van der Waals surface area contributed by atoms with Gasteiger partial charge in [-0.2, -0.15) is 0 Å². The molecule has 2 amide bonds. The molecule has 0 saturated heterocycles. The fourth-order valence-corrected chi connectivity index (χ4v) is 3.54. The number of rotatable bonds is 11. The standard InChI is InChI=1S/C27H38N2O3/c1-7-21(6)28-27(31)25(8-2)29(17-22-11-9-10-20(5)16-22)26(30)18-32-24-14-12-23(13-15-24)19(3)4/h9-16,19,21,25H,7-8,17-18H2,1-6H3,(H,28,31)/t21-,25+/m1/s1. The summed E-state index contributed by atoms with van der Waals surface area (Å²) in [5, 5.41) is 3.03. The third-order valence-electron chi connectivity index (χ3n) is 5.73. The van der Waals surface area contributed by atoms with Crippen LogP contribution in [0.5, 0.6) is 5.75 Å². The van der Waals surface area contributed by atoms with Gasteiger partial charge in [-0.05, 0) is 55.9 Å². The molecule has 0 saturated carbocycles. The molecule has 0 heterocycles. The molecular formula is C27H38N2O3. The van der Waals surface area contributed by atoms with Crippen LogP contribution in [0.25, 0.3) is 0 Å². The van der Waals surface area contributed by atoms with Crippen LogP contribution in [-0.2, 0) is 16.1 Å². The zero-order valence-electron chi connectivity index (χ0n) is 20.4. The first-order valence-electron chi connectivity index (χ1n) is 11.6. The van der Waals surface area contributed by atoms with E-state index in [2.05, 4.69) is 19.2 Å². The van der Waals surface area contributed by atoms with Gasteiger partial charge in [-0.1, -0.05) is 69.7 Å². The first-order chi connectivity index (χ1) is 15.2. The van der Waals surface area contributed by atoms with Crippen molar-refractivity contribution in [3.05, 3.63) is 65.2 Å². The van der Waals surface area contributed by atoms with Crippen molar-refractivity contribution in [1.82, 2.24) is 10.2 Å². The monoisotopic (exact) mass is 438 g/mol. The molecule has 0 aliphatic rings. The predicted molar refractivity (Wildman–Crippen MR) is 130 cm³/mol. The quantitative estimate of drug-likeness (QED) is 0.523. The topological polar surface area (TPSA) is 58.6 Å². The van der Waals surface area contributed by atoms with E-state index in [1.807, 2.05) is 76.2 Å². The molecule has 0 bridgehead atoms. The zero-order chi connectivity index (χ0) is 23.7. The molecule has 1 N–H and O–H groups in total. The Morgan fingerprint density at radius 3 is 2.25 bits per heavy atom. The van der Waals surface area contributed by atoms with E-state index < -0.39 is 6.04 Å². The molecule has 2 rings (SSSR count). The van der Waals surface area contributed by atoms with Gasteiger partial charge in [0, 0.05) is 12.6 Å². The van der Waals surface area contributed by atoms with Crippen molar-refractivity contribution in [2.45, 2.75) is 78.9 Å². The highest BCUT2D eigenvalue weighted by Gasteiger charge is 2.29. The van der Waals surface area contributed by atoms with Crippen LogP contribution in [0.4, 0.5) is 0 Å². The summed E-state index contributed by atoms with van der Waals surface area (Å²) in [6.45, 7) is 12.5. The fraction of sp³-hybridized carbons (Fsp3) is 0.481. The molecule has 2 atom stereocenters. The second-order valence-corrected chi connectivity index (χ2v) is 8.77. The number of ether oxygens (including phenoxy) is 1. The second-order valence-electron chi connectivity index (χ2n) is 8.77. The van der Waals surface area contributed by atoms with E-state index in [0.717, 1.165) is 17.5 Å². The van der Waals surface area contributed by atoms with Crippen molar-refractivity contribution in [2.24, 2.45) is 0 Å². The van der Waals surface area contributed by atoms with Gasteiger partial charge in [0.1, 0.15) is 11.8 Å². The lowest BCUT2D eigenvalue weighted by atomic mass is 10.0. The lowest BCUT2D eigenvalue weighted by molar-refractivity contribution is -0.143. The van der Waals surface area contributed by atoms with Crippen LogP contribution >= 0.6 is 0 Å². The largest absolute Gasteiger partial charge is 0.484 e. The van der Waals surface area contributed by atoms with E-state index in [0.29, 0.717) is 24.6 Å². The van der Waals surface area contributed by atoms with E-state index in [-0.39, 0.29) is 24.5 Å². The highest BCUT2D eigenvalue weighted by Crippen LogP contribution is 2.19. The van der Waals surface area contributed by atoms with Gasteiger partial charge in [0.05, 0.1) is 0 Å². The van der Waals surface area contributed by atoms with Gasteiger partial charge in [0.25, 0.3) is 5.91 Å². The lowest BCUT2D eigenvalue weighted by Crippen LogP contribution is -2.51. The molecule has 0 aromatic heterocycles. The molecular weight excluding hydrogens is 400 g/mol. The summed E-state index contributed by atoms with van der Waals surface area (Å²) in [5.41, 5.74) is 3.33. The molecule has 2 aromatic carbocycles. The second kappa shape index (κ2) is 12.3. The molecule has 0 spiro atoms. The van der Waals surface area contributed by atoms with Gasteiger partial charge < -0.3 is 15.0 Å². The Labute approximate surface area is 193 Å². The van der Waals surface area contributed by atoms with Gasteiger partial charge in [-0.3, -0.25) is 9.59 Å². The van der Waals surface area contributed by atoms with Crippen molar-refractivity contribution in [2.75, 3.05) is 6.61 Å². The summed E-state index contributed by atoms with van der Waals surface area (Å²) < 4.78 is 5.80. The van der Waals surface area contributed by atoms with Crippen molar-refractivity contribution in [1.29, 1.82) is 0 Å². The third-order valence-corrected chi connectivity index (χ3v) is 5.73. The summed E-state index contributed by atoms with van der Waals surface area (Å²) in [6.07, 6.45) is 1.37. The van der Waals surface area contributed by atoms with E-state index >= 15 is 0 Å². The molecule has 32 heavy (non-hydrogen) atoms. The number of hydrogen-bond acceptors (Lipinski definition) is 3.